The molecule has 29 heavy (non-hydrogen) atoms. The lowest BCUT2D eigenvalue weighted by atomic mass is 10.2. The van der Waals surface area contributed by atoms with Crippen molar-refractivity contribution < 1.29 is 9.53 Å². The predicted octanol–water partition coefficient (Wildman–Crippen LogP) is 2.45. The van der Waals surface area contributed by atoms with Crippen LogP contribution in [0.1, 0.15) is 15.9 Å². The molecular weight excluding hydrogens is 368 g/mol. The minimum Gasteiger partial charge on any atom is -0.492 e. The Morgan fingerprint density at radius 1 is 1.17 bits per heavy atom. The van der Waals surface area contributed by atoms with Gasteiger partial charge in [-0.3, -0.25) is 4.79 Å². The fourth-order valence-corrected chi connectivity index (χ4v) is 2.60. The average Bonchev–Trinajstić information content (AvgIpc) is 2.71. The van der Waals surface area contributed by atoms with Crippen LogP contribution in [0.2, 0.25) is 0 Å². The second-order valence-electron chi connectivity index (χ2n) is 6.58. The van der Waals surface area contributed by atoms with Crippen molar-refractivity contribution in [3.63, 3.8) is 0 Å². The normalized spacial score (nSPS) is 11.5. The second-order valence-corrected chi connectivity index (χ2v) is 6.58. The van der Waals surface area contributed by atoms with Gasteiger partial charge in [0.25, 0.3) is 5.91 Å². The van der Waals surface area contributed by atoms with Gasteiger partial charge in [-0.2, -0.15) is 4.98 Å². The Morgan fingerprint density at radius 2 is 1.97 bits per heavy atom. The third-order valence-corrected chi connectivity index (χ3v) is 4.06. The van der Waals surface area contributed by atoms with Crippen LogP contribution in [-0.2, 0) is 0 Å². The summed E-state index contributed by atoms with van der Waals surface area (Å²) in [7, 11) is 0. The lowest BCUT2D eigenvalue weighted by Gasteiger charge is -2.15. The number of nitrogens with one attached hydrogen (secondary N) is 2. The molecule has 2 aromatic carbocycles. The number of amides is 1. The molecule has 8 nitrogen and oxygen atoms in total. The van der Waals surface area contributed by atoms with Crippen LogP contribution in [-0.4, -0.2) is 35.1 Å². The van der Waals surface area contributed by atoms with E-state index in [9.17, 15) is 4.79 Å². The van der Waals surface area contributed by atoms with E-state index in [1.807, 2.05) is 61.5 Å². The van der Waals surface area contributed by atoms with Gasteiger partial charge in [0.05, 0.1) is 6.04 Å². The molecule has 1 heterocycles. The molecule has 0 aliphatic carbocycles. The summed E-state index contributed by atoms with van der Waals surface area (Å²) in [6, 6.07) is 16.9. The van der Waals surface area contributed by atoms with E-state index in [0.717, 1.165) is 17.0 Å². The van der Waals surface area contributed by atoms with Gasteiger partial charge in [-0.05, 0) is 36.8 Å². The summed E-state index contributed by atoms with van der Waals surface area (Å²) >= 11 is 0. The molecule has 0 fully saturated rings. The van der Waals surface area contributed by atoms with Gasteiger partial charge >= 0.3 is 0 Å². The molecule has 6 N–H and O–H groups in total. The predicted molar refractivity (Wildman–Crippen MR) is 113 cm³/mol. The van der Waals surface area contributed by atoms with Gasteiger partial charge in [-0.1, -0.05) is 30.3 Å². The van der Waals surface area contributed by atoms with Crippen LogP contribution in [0.5, 0.6) is 5.75 Å². The minimum absolute atomic E-state index is 0.203. The molecule has 0 saturated heterocycles. The van der Waals surface area contributed by atoms with Crippen molar-refractivity contribution in [2.24, 2.45) is 11.5 Å². The number of carbonyl (C=O) groups is 1. The summed E-state index contributed by atoms with van der Waals surface area (Å²) in [5, 5.41) is 6.19. The SMILES string of the molecule is Cc1cccc(Nc2nc(NC[C@@H](N)COc3ccccc3)ncc2C(N)=O)c1. The van der Waals surface area contributed by atoms with Crippen molar-refractivity contribution in [1.82, 2.24) is 9.97 Å². The Kier molecular flexibility index (Phi) is 6.59. The highest BCUT2D eigenvalue weighted by molar-refractivity contribution is 5.98. The summed E-state index contributed by atoms with van der Waals surface area (Å²) < 4.78 is 5.64. The maximum absolute atomic E-state index is 11.7. The van der Waals surface area contributed by atoms with Crippen LogP contribution in [0, 0.1) is 6.92 Å². The van der Waals surface area contributed by atoms with Crippen molar-refractivity contribution in [2.45, 2.75) is 13.0 Å². The number of ether oxygens (including phenoxy) is 1. The smallest absolute Gasteiger partial charge is 0.254 e. The molecule has 150 valence electrons. The highest BCUT2D eigenvalue weighted by Crippen LogP contribution is 2.20. The first-order valence-electron chi connectivity index (χ1n) is 9.19. The van der Waals surface area contributed by atoms with Crippen molar-refractivity contribution in [2.75, 3.05) is 23.8 Å². The summed E-state index contributed by atoms with van der Waals surface area (Å²) in [4.78, 5) is 20.3. The van der Waals surface area contributed by atoms with E-state index in [2.05, 4.69) is 20.6 Å². The van der Waals surface area contributed by atoms with Gasteiger partial charge in [0, 0.05) is 18.4 Å². The largest absolute Gasteiger partial charge is 0.492 e. The van der Waals surface area contributed by atoms with E-state index < -0.39 is 5.91 Å². The number of nitrogens with two attached hydrogens (primary N) is 2. The summed E-state index contributed by atoms with van der Waals surface area (Å²) in [6.45, 7) is 2.71. The zero-order valence-electron chi connectivity index (χ0n) is 16.1. The summed E-state index contributed by atoms with van der Waals surface area (Å²) in [6.07, 6.45) is 1.39. The van der Waals surface area contributed by atoms with Crippen LogP contribution in [0.4, 0.5) is 17.5 Å². The molecule has 8 heteroatoms. The highest BCUT2D eigenvalue weighted by Gasteiger charge is 2.13. The number of benzene rings is 2. The third-order valence-electron chi connectivity index (χ3n) is 4.06. The first-order valence-corrected chi connectivity index (χ1v) is 9.19. The van der Waals surface area contributed by atoms with Gasteiger partial charge in [-0.15, -0.1) is 0 Å². The molecule has 0 bridgehead atoms. The molecule has 0 saturated carbocycles. The number of carbonyl (C=O) groups excluding carboxylic acids is 1. The van der Waals surface area contributed by atoms with E-state index in [4.69, 9.17) is 16.2 Å². The van der Waals surface area contributed by atoms with Crippen LogP contribution in [0.15, 0.2) is 60.8 Å². The van der Waals surface area contributed by atoms with Crippen LogP contribution >= 0.6 is 0 Å². The molecule has 0 aliphatic heterocycles. The molecular formula is C21H24N6O2. The lowest BCUT2D eigenvalue weighted by Crippen LogP contribution is -2.35. The fourth-order valence-electron chi connectivity index (χ4n) is 2.60. The minimum atomic E-state index is -0.611. The molecule has 1 aromatic heterocycles. The Hall–Kier alpha value is -3.65. The molecule has 0 unspecified atom stereocenters. The number of rotatable bonds is 9. The number of para-hydroxylation sites is 1. The topological polar surface area (TPSA) is 128 Å². The molecule has 1 atom stereocenters. The van der Waals surface area contributed by atoms with Gasteiger partial charge in [0.2, 0.25) is 5.95 Å². The van der Waals surface area contributed by atoms with Crippen LogP contribution in [0.3, 0.4) is 0 Å². The highest BCUT2D eigenvalue weighted by atomic mass is 16.5. The van der Waals surface area contributed by atoms with E-state index in [1.54, 1.807) is 0 Å². The van der Waals surface area contributed by atoms with Gasteiger partial charge in [-0.25, -0.2) is 4.98 Å². The van der Waals surface area contributed by atoms with Crippen molar-refractivity contribution in [1.29, 1.82) is 0 Å². The van der Waals surface area contributed by atoms with E-state index in [0.29, 0.717) is 24.9 Å². The van der Waals surface area contributed by atoms with Crippen molar-refractivity contribution >= 4 is 23.4 Å². The molecule has 0 spiro atoms. The van der Waals surface area contributed by atoms with Crippen molar-refractivity contribution in [3.05, 3.63) is 71.9 Å². The zero-order chi connectivity index (χ0) is 20.6. The molecule has 3 aromatic rings. The van der Waals surface area contributed by atoms with Crippen LogP contribution in [0.25, 0.3) is 0 Å². The monoisotopic (exact) mass is 392 g/mol. The van der Waals surface area contributed by atoms with Gasteiger partial charge < -0.3 is 26.8 Å². The summed E-state index contributed by atoms with van der Waals surface area (Å²) in [5.41, 5.74) is 13.6. The molecule has 0 aliphatic rings. The number of anilines is 3. The third kappa shape index (κ3) is 5.91. The van der Waals surface area contributed by atoms with Crippen LogP contribution < -0.4 is 26.8 Å². The number of primary amides is 1. The van der Waals surface area contributed by atoms with E-state index in [1.165, 1.54) is 6.20 Å². The number of hydrogen-bond acceptors (Lipinski definition) is 7. The Morgan fingerprint density at radius 3 is 2.69 bits per heavy atom. The molecule has 3 rings (SSSR count). The standard InChI is InChI=1S/C21H24N6O2/c1-14-6-5-7-16(10-14)26-20-18(19(23)28)12-25-21(27-20)24-11-15(22)13-29-17-8-3-2-4-9-17/h2-10,12,15H,11,13,22H2,1H3,(H2,23,28)(H2,24,25,26,27)/t15-/m1/s1. The summed E-state index contributed by atoms with van der Waals surface area (Å²) in [5.74, 6) is 0.810. The van der Waals surface area contributed by atoms with Crippen molar-refractivity contribution in [3.8, 4) is 5.75 Å². The number of aryl methyl sites for hydroxylation is 1. The van der Waals surface area contributed by atoms with E-state index in [-0.39, 0.29) is 11.6 Å². The molecule has 1 amide bonds. The number of hydrogen-bond donors (Lipinski definition) is 4. The average molecular weight is 392 g/mol. The second kappa shape index (κ2) is 9.52. The van der Waals surface area contributed by atoms with E-state index >= 15 is 0 Å². The Balaban J connectivity index is 1.64. The Bertz CT molecular complexity index is 964. The lowest BCUT2D eigenvalue weighted by molar-refractivity contribution is 0.100. The van der Waals surface area contributed by atoms with Gasteiger partial charge in [0.15, 0.2) is 0 Å². The maximum atomic E-state index is 11.7. The Labute approximate surface area is 169 Å². The number of aromatic nitrogens is 2. The fraction of sp³-hybridized carbons (Fsp3) is 0.190. The molecule has 0 radical (unpaired) electrons. The van der Waals surface area contributed by atoms with Gasteiger partial charge in [0.1, 0.15) is 23.7 Å². The first kappa shape index (κ1) is 20.1. The first-order chi connectivity index (χ1) is 14.0. The quantitative estimate of drug-likeness (QED) is 0.440. The maximum Gasteiger partial charge on any atom is 0.254 e. The zero-order valence-corrected chi connectivity index (χ0v) is 16.1. The number of nitrogens with zero attached hydrogens (tertiary/aromatic N) is 2.